The van der Waals surface area contributed by atoms with Crippen molar-refractivity contribution < 1.29 is 18.4 Å². The molecule has 0 aliphatic heterocycles. The topological polar surface area (TPSA) is 99.2 Å². The number of rotatable bonds is 6. The van der Waals surface area contributed by atoms with Crippen LogP contribution in [0.5, 0.6) is 5.75 Å². The highest BCUT2D eigenvalue weighted by Crippen LogP contribution is 2.30. The lowest BCUT2D eigenvalue weighted by molar-refractivity contribution is -0.119. The van der Waals surface area contributed by atoms with E-state index in [9.17, 15) is 14.0 Å². The smallest absolute Gasteiger partial charge is 0.297 e. The first kappa shape index (κ1) is 21.2. The number of anilines is 1. The summed E-state index contributed by atoms with van der Waals surface area (Å²) in [6, 6.07) is 11.7. The third kappa shape index (κ3) is 3.84. The number of benzene rings is 2. The second-order valence-corrected chi connectivity index (χ2v) is 7.21. The first-order valence-corrected chi connectivity index (χ1v) is 10.0. The average molecular weight is 436 g/mol. The summed E-state index contributed by atoms with van der Waals surface area (Å²) >= 11 is 0. The Balaban J connectivity index is 1.84. The van der Waals surface area contributed by atoms with Crippen LogP contribution >= 0.6 is 0 Å². The third-order valence-corrected chi connectivity index (χ3v) is 5.16. The number of carbonyl (C=O) groups excluding carboxylic acids is 1. The SMILES string of the molecule is CC[C@@H](C(=O)Nc1ccc(F)cc1)n1nc(-c2cccc(OC)c2)c2c(C)onc2c1=O. The van der Waals surface area contributed by atoms with E-state index >= 15 is 0 Å². The lowest BCUT2D eigenvalue weighted by Crippen LogP contribution is -2.35. The summed E-state index contributed by atoms with van der Waals surface area (Å²) in [5.41, 5.74) is 1.09. The molecule has 8 nitrogen and oxygen atoms in total. The van der Waals surface area contributed by atoms with E-state index in [1.807, 2.05) is 6.07 Å². The van der Waals surface area contributed by atoms with Gasteiger partial charge in [0.05, 0.1) is 12.5 Å². The molecule has 0 aliphatic carbocycles. The largest absolute Gasteiger partial charge is 0.497 e. The van der Waals surface area contributed by atoms with Crippen LogP contribution in [0.2, 0.25) is 0 Å². The first-order valence-electron chi connectivity index (χ1n) is 10.0. The Morgan fingerprint density at radius 2 is 2.00 bits per heavy atom. The molecule has 0 fully saturated rings. The molecule has 0 radical (unpaired) electrons. The van der Waals surface area contributed by atoms with Crippen LogP contribution in [-0.2, 0) is 4.79 Å². The van der Waals surface area contributed by atoms with Crippen molar-refractivity contribution in [3.63, 3.8) is 0 Å². The van der Waals surface area contributed by atoms with E-state index in [4.69, 9.17) is 9.26 Å². The maximum Gasteiger partial charge on any atom is 0.297 e. The molecule has 32 heavy (non-hydrogen) atoms. The zero-order valence-electron chi connectivity index (χ0n) is 17.8. The Kier molecular flexibility index (Phi) is 5.72. The fourth-order valence-electron chi connectivity index (χ4n) is 3.52. The van der Waals surface area contributed by atoms with Crippen LogP contribution in [0.4, 0.5) is 10.1 Å². The predicted octanol–water partition coefficient (Wildman–Crippen LogP) is 4.10. The van der Waals surface area contributed by atoms with Crippen LogP contribution in [0.15, 0.2) is 57.8 Å². The van der Waals surface area contributed by atoms with Crippen LogP contribution in [0.1, 0.15) is 25.1 Å². The van der Waals surface area contributed by atoms with Gasteiger partial charge in [0.15, 0.2) is 5.52 Å². The van der Waals surface area contributed by atoms with Gasteiger partial charge in [-0.3, -0.25) is 9.59 Å². The Morgan fingerprint density at radius 3 is 2.69 bits per heavy atom. The van der Waals surface area contributed by atoms with Gasteiger partial charge >= 0.3 is 0 Å². The summed E-state index contributed by atoms with van der Waals surface area (Å²) in [5.74, 6) is 0.191. The molecule has 4 rings (SSSR count). The molecular weight excluding hydrogens is 415 g/mol. The van der Waals surface area contributed by atoms with E-state index < -0.39 is 23.3 Å². The van der Waals surface area contributed by atoms with E-state index in [1.165, 1.54) is 24.3 Å². The van der Waals surface area contributed by atoms with E-state index in [-0.39, 0.29) is 5.52 Å². The van der Waals surface area contributed by atoms with Crippen LogP contribution in [0, 0.1) is 12.7 Å². The minimum Gasteiger partial charge on any atom is -0.497 e. The maximum absolute atomic E-state index is 13.2. The van der Waals surface area contributed by atoms with Gasteiger partial charge in [0.2, 0.25) is 5.91 Å². The van der Waals surface area contributed by atoms with E-state index in [1.54, 1.807) is 39.2 Å². The van der Waals surface area contributed by atoms with Gasteiger partial charge in [0.1, 0.15) is 29.1 Å². The number of amides is 1. The average Bonchev–Trinajstić information content (AvgIpc) is 3.19. The van der Waals surface area contributed by atoms with Crippen molar-refractivity contribution in [1.29, 1.82) is 0 Å². The fraction of sp³-hybridized carbons (Fsp3) is 0.217. The molecule has 0 saturated carbocycles. The number of nitrogens with one attached hydrogen (secondary N) is 1. The van der Waals surface area contributed by atoms with Gasteiger partial charge in [-0.25, -0.2) is 9.07 Å². The molecule has 1 amide bonds. The number of aromatic nitrogens is 3. The molecular formula is C23H21FN4O4. The van der Waals surface area contributed by atoms with Crippen molar-refractivity contribution in [3.8, 4) is 17.0 Å². The number of aryl methyl sites for hydroxylation is 1. The molecule has 2 aromatic heterocycles. The molecule has 164 valence electrons. The Bertz CT molecular complexity index is 1340. The summed E-state index contributed by atoms with van der Waals surface area (Å²) in [5, 5.41) is 11.7. The zero-order valence-corrected chi connectivity index (χ0v) is 17.8. The van der Waals surface area contributed by atoms with Gasteiger partial charge in [-0.15, -0.1) is 0 Å². The second kappa shape index (κ2) is 8.62. The number of hydrogen-bond acceptors (Lipinski definition) is 6. The quantitative estimate of drug-likeness (QED) is 0.489. The fourth-order valence-corrected chi connectivity index (χ4v) is 3.52. The van der Waals surface area contributed by atoms with E-state index in [0.717, 1.165) is 4.68 Å². The number of methoxy groups -OCH3 is 1. The van der Waals surface area contributed by atoms with Crippen molar-refractivity contribution in [1.82, 2.24) is 14.9 Å². The van der Waals surface area contributed by atoms with Crippen molar-refractivity contribution in [2.75, 3.05) is 12.4 Å². The number of hydrogen-bond donors (Lipinski definition) is 1. The summed E-state index contributed by atoms with van der Waals surface area (Å²) in [7, 11) is 1.56. The lowest BCUT2D eigenvalue weighted by atomic mass is 10.1. The second-order valence-electron chi connectivity index (χ2n) is 7.21. The molecule has 1 atom stereocenters. The van der Waals surface area contributed by atoms with E-state index in [0.29, 0.717) is 40.3 Å². The van der Waals surface area contributed by atoms with Crippen molar-refractivity contribution >= 4 is 22.5 Å². The van der Waals surface area contributed by atoms with Gasteiger partial charge < -0.3 is 14.6 Å². The zero-order chi connectivity index (χ0) is 22.8. The van der Waals surface area contributed by atoms with E-state index in [2.05, 4.69) is 15.6 Å². The number of carbonyl (C=O) groups is 1. The standard InChI is InChI=1S/C23H21FN4O4/c1-4-18(22(29)25-16-10-8-15(24)9-11-16)28-23(30)21-19(13(2)32-27-21)20(26-28)14-6-5-7-17(12-14)31-3/h5-12,18H,4H2,1-3H3,(H,25,29)/t18-/m0/s1. The Labute approximate surface area is 182 Å². The molecule has 2 aromatic carbocycles. The maximum atomic E-state index is 13.2. The predicted molar refractivity (Wildman–Crippen MR) is 117 cm³/mol. The minimum absolute atomic E-state index is 0.0864. The third-order valence-electron chi connectivity index (χ3n) is 5.16. The van der Waals surface area contributed by atoms with Gasteiger partial charge in [-0.1, -0.05) is 24.2 Å². The highest BCUT2D eigenvalue weighted by Gasteiger charge is 2.26. The van der Waals surface area contributed by atoms with Crippen LogP contribution in [0.3, 0.4) is 0 Å². The van der Waals surface area contributed by atoms with Gasteiger partial charge in [0, 0.05) is 11.3 Å². The normalized spacial score (nSPS) is 12.0. The number of fused-ring (bicyclic) bond motifs is 1. The Morgan fingerprint density at radius 1 is 1.25 bits per heavy atom. The number of ether oxygens (including phenoxy) is 1. The van der Waals surface area contributed by atoms with Crippen molar-refractivity contribution in [2.45, 2.75) is 26.3 Å². The van der Waals surface area contributed by atoms with Gasteiger partial charge in [-0.05, 0) is 49.7 Å². The lowest BCUT2D eigenvalue weighted by Gasteiger charge is -2.18. The highest BCUT2D eigenvalue weighted by atomic mass is 19.1. The van der Waals surface area contributed by atoms with Crippen molar-refractivity contribution in [3.05, 3.63) is 70.5 Å². The molecule has 2 heterocycles. The molecule has 1 N–H and O–H groups in total. The summed E-state index contributed by atoms with van der Waals surface area (Å²) in [6.45, 7) is 3.47. The molecule has 0 aliphatic rings. The highest BCUT2D eigenvalue weighted by molar-refractivity contribution is 5.95. The molecule has 4 aromatic rings. The molecule has 0 bridgehead atoms. The number of halogens is 1. The summed E-state index contributed by atoms with van der Waals surface area (Å²) < 4.78 is 24.9. The van der Waals surface area contributed by atoms with Gasteiger partial charge in [-0.2, -0.15) is 5.10 Å². The molecule has 0 spiro atoms. The first-order chi connectivity index (χ1) is 15.4. The monoisotopic (exact) mass is 436 g/mol. The van der Waals surface area contributed by atoms with Crippen LogP contribution < -0.4 is 15.6 Å². The summed E-state index contributed by atoms with van der Waals surface area (Å²) in [4.78, 5) is 26.2. The minimum atomic E-state index is -0.918. The van der Waals surface area contributed by atoms with Crippen LogP contribution in [0.25, 0.3) is 22.2 Å². The Hall–Kier alpha value is -4.01. The van der Waals surface area contributed by atoms with Crippen molar-refractivity contribution in [2.24, 2.45) is 0 Å². The van der Waals surface area contributed by atoms with Gasteiger partial charge in [0.25, 0.3) is 5.56 Å². The molecule has 0 unspecified atom stereocenters. The van der Waals surface area contributed by atoms with Crippen LogP contribution in [-0.4, -0.2) is 28.0 Å². The molecule has 0 saturated heterocycles. The summed E-state index contributed by atoms with van der Waals surface area (Å²) in [6.07, 6.45) is 0.291. The molecule has 9 heteroatoms. The number of nitrogens with zero attached hydrogens (tertiary/aromatic N) is 3.